The third-order valence-corrected chi connectivity index (χ3v) is 3.31. The van der Waals surface area contributed by atoms with E-state index in [0.717, 1.165) is 38.6 Å². The molecule has 1 aliphatic heterocycles. The van der Waals surface area contributed by atoms with Gasteiger partial charge in [-0.05, 0) is 19.4 Å². The Labute approximate surface area is 103 Å². The van der Waals surface area contributed by atoms with Gasteiger partial charge in [-0.3, -0.25) is 0 Å². The summed E-state index contributed by atoms with van der Waals surface area (Å²) in [5, 5.41) is 28.2. The van der Waals surface area contributed by atoms with Crippen molar-refractivity contribution in [2.75, 3.05) is 13.2 Å². The van der Waals surface area contributed by atoms with Crippen LogP contribution in [0.25, 0.3) is 0 Å². The predicted molar refractivity (Wildman–Crippen MR) is 64.5 cm³/mol. The van der Waals surface area contributed by atoms with Gasteiger partial charge in [0, 0.05) is 6.42 Å². The average molecular weight is 247 g/mol. The number of hydrogen-bond acceptors (Lipinski definition) is 5. The first kappa shape index (κ1) is 14.9. The van der Waals surface area contributed by atoms with Crippen molar-refractivity contribution in [3.63, 3.8) is 0 Å². The van der Waals surface area contributed by atoms with Crippen molar-refractivity contribution in [2.45, 2.75) is 62.9 Å². The first-order valence-corrected chi connectivity index (χ1v) is 6.51. The van der Waals surface area contributed by atoms with E-state index in [0.29, 0.717) is 6.42 Å². The molecule has 0 radical (unpaired) electrons. The van der Waals surface area contributed by atoms with E-state index in [1.165, 1.54) is 0 Å². The fourth-order valence-corrected chi connectivity index (χ4v) is 2.25. The molecule has 0 aliphatic carbocycles. The van der Waals surface area contributed by atoms with Gasteiger partial charge in [-0.25, -0.2) is 0 Å². The molecule has 0 amide bonds. The monoisotopic (exact) mass is 247 g/mol. The molecule has 5 heteroatoms. The van der Waals surface area contributed by atoms with Crippen LogP contribution in [0.15, 0.2) is 0 Å². The second-order valence-electron chi connectivity index (χ2n) is 4.76. The lowest BCUT2D eigenvalue weighted by Gasteiger charge is -2.36. The molecule has 102 valence electrons. The molecule has 0 bridgehead atoms. The number of nitrogens with two attached hydrogens (primary N) is 1. The van der Waals surface area contributed by atoms with Crippen molar-refractivity contribution < 1.29 is 20.1 Å². The zero-order valence-corrected chi connectivity index (χ0v) is 10.3. The molecule has 1 saturated heterocycles. The molecule has 5 N–H and O–H groups in total. The maximum absolute atomic E-state index is 9.63. The van der Waals surface area contributed by atoms with Crippen LogP contribution in [0, 0.1) is 0 Å². The Morgan fingerprint density at radius 3 is 2.47 bits per heavy atom. The SMILES string of the molecule is NCCCCCC[C@@H]1C[C@@H](O)[C@@H](O)[C@@H](CO)O1. The molecule has 0 aromatic heterocycles. The first-order valence-electron chi connectivity index (χ1n) is 6.51. The van der Waals surface area contributed by atoms with Crippen molar-refractivity contribution >= 4 is 0 Å². The Morgan fingerprint density at radius 2 is 1.82 bits per heavy atom. The molecule has 1 rings (SSSR count). The minimum Gasteiger partial charge on any atom is -0.394 e. The maximum Gasteiger partial charge on any atom is 0.109 e. The van der Waals surface area contributed by atoms with E-state index in [-0.39, 0.29) is 12.7 Å². The highest BCUT2D eigenvalue weighted by atomic mass is 16.5. The van der Waals surface area contributed by atoms with Gasteiger partial charge in [0.05, 0.1) is 18.8 Å². The van der Waals surface area contributed by atoms with Crippen LogP contribution < -0.4 is 5.73 Å². The van der Waals surface area contributed by atoms with E-state index in [9.17, 15) is 10.2 Å². The molecule has 17 heavy (non-hydrogen) atoms. The number of aliphatic hydroxyl groups excluding tert-OH is 3. The van der Waals surface area contributed by atoms with E-state index in [1.54, 1.807) is 0 Å². The van der Waals surface area contributed by atoms with Crippen molar-refractivity contribution in [1.29, 1.82) is 0 Å². The summed E-state index contributed by atoms with van der Waals surface area (Å²) in [6.07, 6.45) is 3.19. The van der Waals surface area contributed by atoms with E-state index in [1.807, 2.05) is 0 Å². The van der Waals surface area contributed by atoms with Crippen LogP contribution in [0.3, 0.4) is 0 Å². The summed E-state index contributed by atoms with van der Waals surface area (Å²) < 4.78 is 5.54. The van der Waals surface area contributed by atoms with Gasteiger partial charge in [-0.1, -0.05) is 19.3 Å². The topological polar surface area (TPSA) is 95.9 Å². The molecule has 0 saturated carbocycles. The highest BCUT2D eigenvalue weighted by Gasteiger charge is 2.35. The Hall–Kier alpha value is -0.200. The standard InChI is InChI=1S/C12H25NO4/c13-6-4-2-1-3-5-9-7-10(15)12(16)11(8-14)17-9/h9-12,14-16H,1-8,13H2/t9-,10-,11-,12-/m1/s1. The Balaban J connectivity index is 2.20. The van der Waals surface area contributed by atoms with E-state index >= 15 is 0 Å². The number of hydrogen-bond donors (Lipinski definition) is 4. The van der Waals surface area contributed by atoms with Gasteiger partial charge in [-0.2, -0.15) is 0 Å². The van der Waals surface area contributed by atoms with Crippen molar-refractivity contribution in [1.82, 2.24) is 0 Å². The highest BCUT2D eigenvalue weighted by Crippen LogP contribution is 2.23. The second kappa shape index (κ2) is 8.00. The molecule has 0 aromatic carbocycles. The smallest absolute Gasteiger partial charge is 0.109 e. The van der Waals surface area contributed by atoms with Crippen LogP contribution in [-0.4, -0.2) is 52.9 Å². The molecule has 1 aliphatic rings. The van der Waals surface area contributed by atoms with Gasteiger partial charge in [0.1, 0.15) is 12.2 Å². The summed E-state index contributed by atoms with van der Waals surface area (Å²) in [4.78, 5) is 0. The Kier molecular flexibility index (Phi) is 6.99. The number of rotatable bonds is 7. The summed E-state index contributed by atoms with van der Waals surface area (Å²) >= 11 is 0. The zero-order chi connectivity index (χ0) is 12.7. The molecule has 0 spiro atoms. The van der Waals surface area contributed by atoms with Crippen LogP contribution in [0.5, 0.6) is 0 Å². The van der Waals surface area contributed by atoms with E-state index in [2.05, 4.69) is 0 Å². The van der Waals surface area contributed by atoms with Gasteiger partial charge in [0.15, 0.2) is 0 Å². The summed E-state index contributed by atoms with van der Waals surface area (Å²) in [5.41, 5.74) is 5.41. The average Bonchev–Trinajstić information content (AvgIpc) is 2.33. The number of aliphatic hydroxyl groups is 3. The van der Waals surface area contributed by atoms with Gasteiger partial charge in [0.2, 0.25) is 0 Å². The lowest BCUT2D eigenvalue weighted by Crippen LogP contribution is -2.49. The van der Waals surface area contributed by atoms with Gasteiger partial charge in [-0.15, -0.1) is 0 Å². The summed E-state index contributed by atoms with van der Waals surface area (Å²) in [5.74, 6) is 0. The van der Waals surface area contributed by atoms with Crippen molar-refractivity contribution in [3.8, 4) is 0 Å². The maximum atomic E-state index is 9.63. The lowest BCUT2D eigenvalue weighted by molar-refractivity contribution is -0.181. The van der Waals surface area contributed by atoms with Gasteiger partial charge < -0.3 is 25.8 Å². The second-order valence-corrected chi connectivity index (χ2v) is 4.76. The lowest BCUT2D eigenvalue weighted by atomic mass is 9.95. The van der Waals surface area contributed by atoms with Gasteiger partial charge in [0.25, 0.3) is 0 Å². The molecule has 1 heterocycles. The molecule has 0 unspecified atom stereocenters. The normalized spacial score (nSPS) is 33.9. The first-order chi connectivity index (χ1) is 8.19. The molecule has 5 nitrogen and oxygen atoms in total. The molecular weight excluding hydrogens is 222 g/mol. The minimum absolute atomic E-state index is 0.0524. The molecule has 1 fully saturated rings. The molecule has 4 atom stereocenters. The van der Waals surface area contributed by atoms with Gasteiger partial charge >= 0.3 is 0 Å². The van der Waals surface area contributed by atoms with Crippen LogP contribution in [0.2, 0.25) is 0 Å². The third kappa shape index (κ3) is 4.89. The fraction of sp³-hybridized carbons (Fsp3) is 1.00. The van der Waals surface area contributed by atoms with Crippen LogP contribution in [0.1, 0.15) is 38.5 Å². The molecule has 0 aromatic rings. The van der Waals surface area contributed by atoms with Crippen molar-refractivity contribution in [2.24, 2.45) is 5.73 Å². The number of ether oxygens (including phenoxy) is 1. The fourth-order valence-electron chi connectivity index (χ4n) is 2.25. The zero-order valence-electron chi connectivity index (χ0n) is 10.3. The van der Waals surface area contributed by atoms with Crippen LogP contribution >= 0.6 is 0 Å². The quantitative estimate of drug-likeness (QED) is 0.466. The number of unbranched alkanes of at least 4 members (excludes halogenated alkanes) is 3. The highest BCUT2D eigenvalue weighted by molar-refractivity contribution is 4.84. The van der Waals surface area contributed by atoms with E-state index in [4.69, 9.17) is 15.6 Å². The third-order valence-electron chi connectivity index (χ3n) is 3.31. The largest absolute Gasteiger partial charge is 0.394 e. The summed E-state index contributed by atoms with van der Waals surface area (Å²) in [7, 11) is 0. The Morgan fingerprint density at radius 1 is 1.12 bits per heavy atom. The minimum atomic E-state index is -0.964. The predicted octanol–water partition coefficient (Wildman–Crippen LogP) is -0.233. The van der Waals surface area contributed by atoms with Crippen molar-refractivity contribution in [3.05, 3.63) is 0 Å². The molecular formula is C12H25NO4. The van der Waals surface area contributed by atoms with E-state index < -0.39 is 18.3 Å². The summed E-state index contributed by atoms with van der Waals surface area (Å²) in [6.45, 7) is 0.485. The Bertz CT molecular complexity index is 203. The van der Waals surface area contributed by atoms with Crippen LogP contribution in [0.4, 0.5) is 0 Å². The van der Waals surface area contributed by atoms with Crippen LogP contribution in [-0.2, 0) is 4.74 Å². The summed E-state index contributed by atoms with van der Waals surface area (Å²) in [6, 6.07) is 0.